The molecule has 0 amide bonds. The molecule has 2 saturated heterocycles. The van der Waals surface area contributed by atoms with Gasteiger partial charge in [-0.1, -0.05) is 0 Å². The molecule has 0 aromatic carbocycles. The molecule has 0 spiro atoms. The molecule has 2 aliphatic heterocycles. The van der Waals surface area contributed by atoms with Crippen LogP contribution in [0.5, 0.6) is 0 Å². The number of fused-ring (bicyclic) bond motifs is 2. The number of nitrogen functional groups attached to an aromatic ring is 1. The van der Waals surface area contributed by atoms with E-state index < -0.39 is 36.5 Å². The van der Waals surface area contributed by atoms with Crippen LogP contribution in [-0.4, -0.2) is 61.5 Å². The molecular formula is C14H16IN5O6. The fourth-order valence-electron chi connectivity index (χ4n) is 3.27. The zero-order valence-corrected chi connectivity index (χ0v) is 16.0. The van der Waals surface area contributed by atoms with Gasteiger partial charge in [0, 0.05) is 22.6 Å². The Hall–Kier alpha value is -1.77. The van der Waals surface area contributed by atoms with Crippen molar-refractivity contribution in [3.63, 3.8) is 0 Å². The van der Waals surface area contributed by atoms with Crippen molar-refractivity contribution in [3.8, 4) is 0 Å². The van der Waals surface area contributed by atoms with Crippen LogP contribution in [-0.2, 0) is 18.9 Å². The molecular weight excluding hydrogens is 461 g/mol. The summed E-state index contributed by atoms with van der Waals surface area (Å²) in [5.74, 6) is -0.570. The predicted octanol–water partition coefficient (Wildman–Crippen LogP) is 1.13. The molecule has 11 nitrogen and oxygen atoms in total. The molecule has 4 atom stereocenters. The Balaban J connectivity index is 1.71. The number of aromatic nitrogens is 4. The van der Waals surface area contributed by atoms with Crippen LogP contribution in [0.25, 0.3) is 11.2 Å². The minimum atomic E-state index is -1.38. The van der Waals surface area contributed by atoms with Crippen molar-refractivity contribution < 1.29 is 28.8 Å². The van der Waals surface area contributed by atoms with E-state index in [1.165, 1.54) is 0 Å². The van der Waals surface area contributed by atoms with Crippen molar-refractivity contribution in [1.82, 2.24) is 19.5 Å². The van der Waals surface area contributed by atoms with Crippen LogP contribution < -0.4 is 5.73 Å². The summed E-state index contributed by atoms with van der Waals surface area (Å²) in [7, 11) is 0. The van der Waals surface area contributed by atoms with Gasteiger partial charge < -0.3 is 29.8 Å². The molecule has 2 aromatic heterocycles. The lowest BCUT2D eigenvalue weighted by Gasteiger charge is -2.24. The highest BCUT2D eigenvalue weighted by atomic mass is 127. The van der Waals surface area contributed by atoms with E-state index in [0.29, 0.717) is 15.0 Å². The summed E-state index contributed by atoms with van der Waals surface area (Å²) < 4.78 is 24.7. The van der Waals surface area contributed by atoms with Crippen LogP contribution >= 0.6 is 22.6 Å². The van der Waals surface area contributed by atoms with E-state index in [2.05, 4.69) is 19.7 Å². The van der Waals surface area contributed by atoms with Crippen molar-refractivity contribution in [1.29, 1.82) is 0 Å². The van der Waals surface area contributed by atoms with Gasteiger partial charge in [0.25, 0.3) is 0 Å². The molecule has 4 rings (SSSR count). The number of rotatable bonds is 3. The zero-order valence-electron chi connectivity index (χ0n) is 13.8. The van der Waals surface area contributed by atoms with Gasteiger partial charge in [-0.15, -0.1) is 0 Å². The predicted molar refractivity (Wildman–Crippen MR) is 94.2 cm³/mol. The first kappa shape index (κ1) is 17.6. The standard InChI is InChI=1S/C14H16IN5O6/c1-14(2)25-7-5(3-23-13(21)22)24-11(8(7)26-14)20-4-17-6-9(16)18-12(15)19-10(6)20/h4-5,7-8,11H,3H2,1-2H3,(H,21,22)(H2,16,18,19)/t5-,7+,8-,11-/m1/s1. The highest BCUT2D eigenvalue weighted by molar-refractivity contribution is 14.1. The van der Waals surface area contributed by atoms with Crippen LogP contribution in [0, 0.1) is 3.83 Å². The van der Waals surface area contributed by atoms with Gasteiger partial charge in [-0.2, -0.15) is 0 Å². The lowest BCUT2D eigenvalue weighted by Crippen LogP contribution is -2.33. The Morgan fingerprint density at radius 1 is 1.42 bits per heavy atom. The van der Waals surface area contributed by atoms with E-state index >= 15 is 0 Å². The number of carboxylic acid groups (broad SMARTS) is 1. The third-order valence-electron chi connectivity index (χ3n) is 4.19. The van der Waals surface area contributed by atoms with Crippen molar-refractivity contribution in [2.75, 3.05) is 12.3 Å². The first-order valence-electron chi connectivity index (χ1n) is 7.77. The summed E-state index contributed by atoms with van der Waals surface area (Å²) in [5, 5.41) is 8.77. The number of hydrogen-bond donors (Lipinski definition) is 2. The van der Waals surface area contributed by atoms with E-state index in [1.807, 2.05) is 22.6 Å². The fraction of sp³-hybridized carbons (Fsp3) is 0.571. The van der Waals surface area contributed by atoms with Gasteiger partial charge in [0.05, 0.1) is 6.33 Å². The number of anilines is 1. The average molecular weight is 477 g/mol. The molecule has 0 aliphatic carbocycles. The van der Waals surface area contributed by atoms with Crippen LogP contribution in [0.4, 0.5) is 10.6 Å². The number of carbonyl (C=O) groups is 1. The second kappa shape index (κ2) is 6.14. The summed E-state index contributed by atoms with van der Waals surface area (Å²) in [4.78, 5) is 23.5. The Labute approximate surface area is 160 Å². The second-order valence-corrected chi connectivity index (χ2v) is 7.37. The third kappa shape index (κ3) is 2.95. The van der Waals surface area contributed by atoms with Crippen molar-refractivity contribution in [3.05, 3.63) is 10.2 Å². The van der Waals surface area contributed by atoms with Crippen molar-refractivity contribution in [2.45, 2.75) is 44.2 Å². The van der Waals surface area contributed by atoms with Gasteiger partial charge in [-0.3, -0.25) is 4.57 Å². The van der Waals surface area contributed by atoms with Gasteiger partial charge in [0.1, 0.15) is 30.4 Å². The maximum atomic E-state index is 10.7. The van der Waals surface area contributed by atoms with E-state index in [-0.39, 0.29) is 12.4 Å². The van der Waals surface area contributed by atoms with Gasteiger partial charge in [-0.05, 0) is 13.8 Å². The van der Waals surface area contributed by atoms with E-state index in [4.69, 9.17) is 25.1 Å². The Morgan fingerprint density at radius 2 is 2.15 bits per heavy atom. The number of nitrogens with two attached hydrogens (primary N) is 1. The lowest BCUT2D eigenvalue weighted by molar-refractivity contribution is -0.200. The molecule has 12 heteroatoms. The van der Waals surface area contributed by atoms with Gasteiger partial charge >= 0.3 is 6.16 Å². The average Bonchev–Trinajstić information content (AvgIpc) is 3.16. The monoisotopic (exact) mass is 477 g/mol. The molecule has 0 bridgehead atoms. The zero-order chi connectivity index (χ0) is 18.6. The molecule has 0 saturated carbocycles. The summed E-state index contributed by atoms with van der Waals surface area (Å²) in [6, 6.07) is 0. The topological polar surface area (TPSA) is 144 Å². The summed E-state index contributed by atoms with van der Waals surface area (Å²) >= 11 is 1.97. The number of imidazole rings is 1. The Kier molecular flexibility index (Phi) is 4.17. The Morgan fingerprint density at radius 3 is 2.88 bits per heavy atom. The first-order valence-corrected chi connectivity index (χ1v) is 8.85. The highest BCUT2D eigenvalue weighted by Crippen LogP contribution is 2.43. The molecule has 2 fully saturated rings. The molecule has 4 heterocycles. The summed E-state index contributed by atoms with van der Waals surface area (Å²) in [6.07, 6.45) is -2.07. The van der Waals surface area contributed by atoms with Gasteiger partial charge in [-0.25, -0.2) is 19.7 Å². The van der Waals surface area contributed by atoms with Crippen LogP contribution in [0.1, 0.15) is 20.1 Å². The third-order valence-corrected chi connectivity index (χ3v) is 4.67. The maximum absolute atomic E-state index is 10.7. The number of halogens is 1. The summed E-state index contributed by atoms with van der Waals surface area (Å²) in [5.41, 5.74) is 6.87. The maximum Gasteiger partial charge on any atom is 0.505 e. The number of hydrogen-bond acceptors (Lipinski definition) is 9. The SMILES string of the molecule is CC1(C)O[C@@H]2[C@@H](O1)[C@@H](COC(=O)O)O[C@H]2n1cnc2c(N)nc(I)nc21. The van der Waals surface area contributed by atoms with E-state index in [0.717, 1.165) is 0 Å². The highest BCUT2D eigenvalue weighted by Gasteiger charge is 2.56. The van der Waals surface area contributed by atoms with Gasteiger partial charge in [0.15, 0.2) is 27.3 Å². The van der Waals surface area contributed by atoms with Gasteiger partial charge in [0.2, 0.25) is 0 Å². The Bertz CT molecular complexity index is 873. The first-order chi connectivity index (χ1) is 12.2. The number of ether oxygens (including phenoxy) is 4. The molecule has 0 radical (unpaired) electrons. The van der Waals surface area contributed by atoms with Crippen LogP contribution in [0.3, 0.4) is 0 Å². The molecule has 2 aliphatic rings. The lowest BCUT2D eigenvalue weighted by atomic mass is 10.1. The molecule has 140 valence electrons. The van der Waals surface area contributed by atoms with Crippen molar-refractivity contribution >= 4 is 45.7 Å². The smallest absolute Gasteiger partial charge is 0.450 e. The van der Waals surface area contributed by atoms with Crippen LogP contribution in [0.15, 0.2) is 6.33 Å². The number of nitrogens with zero attached hydrogens (tertiary/aromatic N) is 4. The van der Waals surface area contributed by atoms with E-state index in [1.54, 1.807) is 24.7 Å². The molecule has 2 aromatic rings. The molecule has 26 heavy (non-hydrogen) atoms. The molecule has 3 N–H and O–H groups in total. The largest absolute Gasteiger partial charge is 0.505 e. The fourth-order valence-corrected chi connectivity index (χ4v) is 3.76. The minimum Gasteiger partial charge on any atom is -0.450 e. The minimum absolute atomic E-state index is 0.173. The summed E-state index contributed by atoms with van der Waals surface area (Å²) in [6.45, 7) is 3.40. The molecule has 0 unspecified atom stereocenters. The van der Waals surface area contributed by atoms with E-state index in [9.17, 15) is 4.79 Å². The second-order valence-electron chi connectivity index (χ2n) is 6.41. The van der Waals surface area contributed by atoms with Crippen molar-refractivity contribution in [2.24, 2.45) is 0 Å². The normalized spacial score (nSPS) is 29.8. The quantitative estimate of drug-likeness (QED) is 0.375. The van der Waals surface area contributed by atoms with Crippen LogP contribution in [0.2, 0.25) is 0 Å².